The molecule has 32 heavy (non-hydrogen) atoms. The van der Waals surface area contributed by atoms with Gasteiger partial charge in [-0.25, -0.2) is 21.1 Å². The fourth-order valence-electron chi connectivity index (χ4n) is 4.83. The second kappa shape index (κ2) is 9.04. The number of carbonyl (C=O) groups excluding carboxylic acids is 1. The van der Waals surface area contributed by atoms with Crippen molar-refractivity contribution in [3.05, 3.63) is 27.8 Å². The Kier molecular flexibility index (Phi) is 7.10. The first kappa shape index (κ1) is 25.1. The second-order valence-corrected chi connectivity index (χ2v) is 13.0. The Bertz CT molecular complexity index is 1090. The Balaban J connectivity index is 1.74. The zero-order chi connectivity index (χ0) is 24.0. The molecule has 1 aromatic rings. The first-order valence-corrected chi connectivity index (χ1v) is 14.4. The number of piperidine rings is 1. The van der Waals surface area contributed by atoms with Gasteiger partial charge in [0.15, 0.2) is 0 Å². The van der Waals surface area contributed by atoms with Crippen molar-refractivity contribution >= 4 is 26.0 Å². The van der Waals surface area contributed by atoms with Gasteiger partial charge in [0.05, 0.1) is 17.1 Å². The summed E-state index contributed by atoms with van der Waals surface area (Å²) in [4.78, 5) is 15.1. The van der Waals surface area contributed by atoms with E-state index in [0.29, 0.717) is 37.4 Å². The van der Waals surface area contributed by atoms with E-state index in [4.69, 9.17) is 0 Å². The maximum absolute atomic E-state index is 13.5. The fraction of sp³-hybridized carbons (Fsp3) is 0.682. The van der Waals surface area contributed by atoms with Gasteiger partial charge < -0.3 is 4.90 Å². The summed E-state index contributed by atoms with van der Waals surface area (Å²) in [6, 6.07) is 0. The fourth-order valence-corrected chi connectivity index (χ4v) is 7.73. The van der Waals surface area contributed by atoms with E-state index in [1.807, 2.05) is 34.6 Å². The first-order valence-electron chi connectivity index (χ1n) is 11.1. The zero-order valence-electron chi connectivity index (χ0n) is 19.9. The molecule has 1 unspecified atom stereocenters. The van der Waals surface area contributed by atoms with E-state index in [1.54, 1.807) is 4.90 Å². The number of nitrogens with zero attached hydrogens (tertiary/aromatic N) is 3. The number of amides is 1. The highest BCUT2D eigenvalue weighted by Gasteiger charge is 2.37. The summed E-state index contributed by atoms with van der Waals surface area (Å²) < 4.78 is 53.6. The van der Waals surface area contributed by atoms with Gasteiger partial charge in [0.1, 0.15) is 0 Å². The van der Waals surface area contributed by atoms with E-state index in [-0.39, 0.29) is 31.5 Å². The van der Waals surface area contributed by atoms with E-state index in [9.17, 15) is 21.6 Å². The molecule has 0 aliphatic carbocycles. The summed E-state index contributed by atoms with van der Waals surface area (Å²) in [5, 5.41) is 0. The molecule has 8 nitrogen and oxygen atoms in total. The monoisotopic (exact) mass is 485 g/mol. The summed E-state index contributed by atoms with van der Waals surface area (Å²) in [5.41, 5.74) is 4.67. The molecule has 0 aromatic heterocycles. The minimum absolute atomic E-state index is 0.0789. The third kappa shape index (κ3) is 4.60. The van der Waals surface area contributed by atoms with Crippen LogP contribution in [0.1, 0.15) is 40.7 Å². The van der Waals surface area contributed by atoms with Gasteiger partial charge in [-0.2, -0.15) is 4.31 Å². The topological polar surface area (TPSA) is 95.1 Å². The predicted octanol–water partition coefficient (Wildman–Crippen LogP) is 1.73. The van der Waals surface area contributed by atoms with Gasteiger partial charge in [0, 0.05) is 39.3 Å². The highest BCUT2D eigenvalue weighted by molar-refractivity contribution is 7.89. The van der Waals surface area contributed by atoms with Gasteiger partial charge in [-0.05, 0) is 75.3 Å². The van der Waals surface area contributed by atoms with Crippen LogP contribution in [-0.4, -0.2) is 81.8 Å². The molecule has 2 aliphatic rings. The molecule has 1 aromatic carbocycles. The molecule has 0 N–H and O–H groups in total. The summed E-state index contributed by atoms with van der Waals surface area (Å²) >= 11 is 0. The Morgan fingerprint density at radius 3 is 1.75 bits per heavy atom. The molecule has 10 heteroatoms. The molecule has 1 amide bonds. The Morgan fingerprint density at radius 2 is 1.25 bits per heavy atom. The minimum Gasteiger partial charge on any atom is -0.340 e. The molecule has 2 fully saturated rings. The smallest absolute Gasteiger partial charge is 0.243 e. The van der Waals surface area contributed by atoms with Crippen molar-refractivity contribution in [2.45, 2.75) is 52.4 Å². The van der Waals surface area contributed by atoms with Crippen molar-refractivity contribution in [2.75, 3.05) is 45.5 Å². The van der Waals surface area contributed by atoms with E-state index in [1.165, 1.54) is 14.9 Å². The molecule has 0 saturated carbocycles. The van der Waals surface area contributed by atoms with Gasteiger partial charge in [0.25, 0.3) is 0 Å². The van der Waals surface area contributed by atoms with Crippen LogP contribution in [0.3, 0.4) is 0 Å². The minimum atomic E-state index is -3.68. The molecule has 2 heterocycles. The molecule has 180 valence electrons. The van der Waals surface area contributed by atoms with Crippen LogP contribution in [0, 0.1) is 40.5 Å². The lowest BCUT2D eigenvalue weighted by Crippen LogP contribution is -2.54. The van der Waals surface area contributed by atoms with Crippen LogP contribution in [0.4, 0.5) is 0 Å². The zero-order valence-corrected chi connectivity index (χ0v) is 21.6. The van der Waals surface area contributed by atoms with Crippen molar-refractivity contribution in [1.29, 1.82) is 0 Å². The quantitative estimate of drug-likeness (QED) is 0.647. The summed E-state index contributed by atoms with van der Waals surface area (Å²) in [6.07, 6.45) is 2.48. The molecule has 2 aliphatic heterocycles. The Hall–Kier alpha value is -1.49. The lowest BCUT2D eigenvalue weighted by atomic mass is 9.95. The van der Waals surface area contributed by atoms with Crippen LogP contribution < -0.4 is 0 Å². The van der Waals surface area contributed by atoms with Crippen molar-refractivity contribution in [3.63, 3.8) is 0 Å². The molecule has 2 saturated heterocycles. The van der Waals surface area contributed by atoms with Gasteiger partial charge in [-0.1, -0.05) is 0 Å². The average Bonchev–Trinajstić information content (AvgIpc) is 2.75. The third-order valence-corrected chi connectivity index (χ3v) is 10.7. The standard InChI is InChI=1S/C22H35N3O5S2/c1-15-16(2)18(4)21(19(5)17(15)3)32(29,30)24-12-10-23(11-13-24)22(26)20-8-7-9-25(14-20)31(6,27)28/h20H,7-14H2,1-6H3. The van der Waals surface area contributed by atoms with Crippen molar-refractivity contribution in [2.24, 2.45) is 5.92 Å². The second-order valence-electron chi connectivity index (χ2n) is 9.14. The van der Waals surface area contributed by atoms with Crippen LogP contribution in [0.25, 0.3) is 0 Å². The number of hydrogen-bond donors (Lipinski definition) is 0. The Morgan fingerprint density at radius 1 is 0.750 bits per heavy atom. The van der Waals surface area contributed by atoms with Crippen LogP contribution in [0.2, 0.25) is 0 Å². The maximum atomic E-state index is 13.5. The Labute approximate surface area is 192 Å². The van der Waals surface area contributed by atoms with Gasteiger partial charge in [-0.15, -0.1) is 0 Å². The lowest BCUT2D eigenvalue weighted by molar-refractivity contribution is -0.137. The lowest BCUT2D eigenvalue weighted by Gasteiger charge is -2.38. The number of benzene rings is 1. The first-order chi connectivity index (χ1) is 14.8. The van der Waals surface area contributed by atoms with Gasteiger partial charge >= 0.3 is 0 Å². The molecule has 1 atom stereocenters. The normalized spacial score (nSPS) is 21.7. The summed E-state index contributed by atoms with van der Waals surface area (Å²) in [6.45, 7) is 11.4. The van der Waals surface area contributed by atoms with Crippen LogP contribution in [0.15, 0.2) is 4.90 Å². The van der Waals surface area contributed by atoms with E-state index >= 15 is 0 Å². The molecule has 0 bridgehead atoms. The summed E-state index contributed by atoms with van der Waals surface area (Å²) in [5.74, 6) is -0.446. The molecule has 0 radical (unpaired) electrons. The molecule has 0 spiro atoms. The van der Waals surface area contributed by atoms with Crippen molar-refractivity contribution < 1.29 is 21.6 Å². The summed E-state index contributed by atoms with van der Waals surface area (Å²) in [7, 11) is -7.00. The SMILES string of the molecule is Cc1c(C)c(C)c(S(=O)(=O)N2CCN(C(=O)C3CCCN(S(C)(=O)=O)C3)CC2)c(C)c1C. The van der Waals surface area contributed by atoms with Crippen LogP contribution in [0.5, 0.6) is 0 Å². The van der Waals surface area contributed by atoms with Crippen LogP contribution >= 0.6 is 0 Å². The molecular formula is C22H35N3O5S2. The van der Waals surface area contributed by atoms with Crippen molar-refractivity contribution in [1.82, 2.24) is 13.5 Å². The third-order valence-electron chi connectivity index (χ3n) is 7.28. The number of hydrogen-bond acceptors (Lipinski definition) is 5. The highest BCUT2D eigenvalue weighted by Crippen LogP contribution is 2.32. The molecule has 3 rings (SSSR count). The van der Waals surface area contributed by atoms with E-state index in [0.717, 1.165) is 27.8 Å². The maximum Gasteiger partial charge on any atom is 0.243 e. The highest BCUT2D eigenvalue weighted by atomic mass is 32.2. The number of sulfonamides is 2. The number of carbonyl (C=O) groups is 1. The number of rotatable bonds is 4. The van der Waals surface area contributed by atoms with E-state index < -0.39 is 20.0 Å². The van der Waals surface area contributed by atoms with Crippen molar-refractivity contribution in [3.8, 4) is 0 Å². The molecular weight excluding hydrogens is 450 g/mol. The predicted molar refractivity (Wildman–Crippen MR) is 125 cm³/mol. The van der Waals surface area contributed by atoms with Crippen LogP contribution in [-0.2, 0) is 24.8 Å². The number of piperazine rings is 1. The van der Waals surface area contributed by atoms with Gasteiger partial charge in [-0.3, -0.25) is 4.79 Å². The van der Waals surface area contributed by atoms with Gasteiger partial charge in [0.2, 0.25) is 26.0 Å². The van der Waals surface area contributed by atoms with E-state index in [2.05, 4.69) is 0 Å². The average molecular weight is 486 g/mol. The largest absolute Gasteiger partial charge is 0.340 e.